The maximum atomic E-state index is 12.6. The van der Waals surface area contributed by atoms with Crippen LogP contribution in [-0.2, 0) is 28.6 Å². The van der Waals surface area contributed by atoms with E-state index in [1.807, 2.05) is 26.8 Å². The van der Waals surface area contributed by atoms with Gasteiger partial charge in [0, 0.05) is 32.4 Å². The van der Waals surface area contributed by atoms with E-state index < -0.39 is 11.5 Å². The summed E-state index contributed by atoms with van der Waals surface area (Å²) in [4.78, 5) is 42.0. The molecule has 0 radical (unpaired) electrons. The van der Waals surface area contributed by atoms with E-state index in [4.69, 9.17) is 14.2 Å². The van der Waals surface area contributed by atoms with Gasteiger partial charge in [-0.25, -0.2) is 0 Å². The molecule has 2 heterocycles. The summed E-state index contributed by atoms with van der Waals surface area (Å²) in [6.07, 6.45) is 3.72. The van der Waals surface area contributed by atoms with Crippen molar-refractivity contribution in [2.45, 2.75) is 45.3 Å². The Hall–Kier alpha value is -2.52. The molecule has 1 aromatic heterocycles. The third-order valence-electron chi connectivity index (χ3n) is 4.74. The van der Waals surface area contributed by atoms with Crippen LogP contribution in [-0.4, -0.2) is 73.3 Å². The second-order valence-corrected chi connectivity index (χ2v) is 8.40. The van der Waals surface area contributed by atoms with Crippen LogP contribution in [0.5, 0.6) is 0 Å². The number of likely N-dealkylation sites (tertiary alicyclic amines) is 1. The summed E-state index contributed by atoms with van der Waals surface area (Å²) >= 11 is 0. The van der Waals surface area contributed by atoms with Gasteiger partial charge in [0.25, 0.3) is 0 Å². The van der Waals surface area contributed by atoms with E-state index in [1.165, 1.54) is 0 Å². The minimum Gasteiger partial charge on any atom is -0.460 e. The number of aromatic nitrogens is 1. The third-order valence-corrected chi connectivity index (χ3v) is 4.74. The molecule has 0 spiro atoms. The molecular weight excluding hydrogens is 402 g/mol. The molecule has 0 aliphatic carbocycles. The summed E-state index contributed by atoms with van der Waals surface area (Å²) in [5.74, 6) is -0.993. The monoisotopic (exact) mass is 435 g/mol. The average Bonchev–Trinajstić information content (AvgIpc) is 3.00. The predicted molar refractivity (Wildman–Crippen MR) is 113 cm³/mol. The second-order valence-electron chi connectivity index (χ2n) is 8.40. The van der Waals surface area contributed by atoms with Crippen LogP contribution < -0.4 is 5.32 Å². The molecule has 0 bridgehead atoms. The van der Waals surface area contributed by atoms with E-state index in [0.717, 1.165) is 5.56 Å². The van der Waals surface area contributed by atoms with Crippen LogP contribution in [0, 0.1) is 5.92 Å². The van der Waals surface area contributed by atoms with Crippen LogP contribution in [0.4, 0.5) is 0 Å². The molecule has 1 N–H and O–H groups in total. The Labute approximate surface area is 183 Å². The van der Waals surface area contributed by atoms with E-state index in [2.05, 4.69) is 10.3 Å². The Bertz CT molecular complexity index is 735. The van der Waals surface area contributed by atoms with Crippen LogP contribution in [0.3, 0.4) is 0 Å². The highest BCUT2D eigenvalue weighted by Gasteiger charge is 2.42. The Morgan fingerprint density at radius 1 is 1.19 bits per heavy atom. The zero-order valence-corrected chi connectivity index (χ0v) is 18.8. The van der Waals surface area contributed by atoms with Crippen molar-refractivity contribution in [3.63, 3.8) is 0 Å². The minimum absolute atomic E-state index is 0.0613. The van der Waals surface area contributed by atoms with Gasteiger partial charge in [0.05, 0.1) is 44.8 Å². The molecule has 31 heavy (non-hydrogen) atoms. The number of pyridine rings is 1. The summed E-state index contributed by atoms with van der Waals surface area (Å²) in [5.41, 5.74) is 0.347. The lowest BCUT2D eigenvalue weighted by molar-refractivity contribution is -0.156. The van der Waals surface area contributed by atoms with Crippen molar-refractivity contribution in [2.75, 3.05) is 40.0 Å². The van der Waals surface area contributed by atoms with Crippen molar-refractivity contribution in [3.05, 3.63) is 30.1 Å². The number of esters is 1. The first kappa shape index (κ1) is 24.7. The molecule has 0 saturated carbocycles. The highest BCUT2D eigenvalue weighted by atomic mass is 16.6. The van der Waals surface area contributed by atoms with Crippen molar-refractivity contribution >= 4 is 17.8 Å². The highest BCUT2D eigenvalue weighted by molar-refractivity contribution is 5.90. The van der Waals surface area contributed by atoms with Gasteiger partial charge >= 0.3 is 5.97 Å². The fraction of sp³-hybridized carbons (Fsp3) is 0.636. The molecule has 2 amide bonds. The molecule has 172 valence electrons. The number of amides is 2. The molecule has 9 heteroatoms. The third kappa shape index (κ3) is 8.26. The Morgan fingerprint density at radius 3 is 2.55 bits per heavy atom. The van der Waals surface area contributed by atoms with Gasteiger partial charge in [-0.05, 0) is 32.4 Å². The van der Waals surface area contributed by atoms with E-state index in [-0.39, 0.29) is 43.3 Å². The van der Waals surface area contributed by atoms with Gasteiger partial charge < -0.3 is 24.4 Å². The van der Waals surface area contributed by atoms with E-state index in [9.17, 15) is 14.4 Å². The molecule has 1 aliphatic rings. The fourth-order valence-corrected chi connectivity index (χ4v) is 3.36. The van der Waals surface area contributed by atoms with Crippen molar-refractivity contribution in [1.29, 1.82) is 0 Å². The standard InChI is InChI=1S/C22H33N3O6/c1-22(2,3)31-19(27)7-10-29-12-13-30-11-9-24-21(28)17-14-18(26)25(4)20(17)16-6-5-8-23-15-16/h5-6,8,15,17,20H,7,9-14H2,1-4H3,(H,24,28)/t17-,20+/m0/s1. The number of rotatable bonds is 11. The normalized spacial score (nSPS) is 18.8. The molecule has 2 rings (SSSR count). The molecule has 1 saturated heterocycles. The summed E-state index contributed by atoms with van der Waals surface area (Å²) in [6.45, 7) is 7.10. The number of ether oxygens (including phenoxy) is 3. The van der Waals surface area contributed by atoms with Gasteiger partial charge in [-0.15, -0.1) is 0 Å². The largest absolute Gasteiger partial charge is 0.460 e. The summed E-state index contributed by atoms with van der Waals surface area (Å²) in [6, 6.07) is 3.35. The molecular formula is C22H33N3O6. The fourth-order valence-electron chi connectivity index (χ4n) is 3.36. The van der Waals surface area contributed by atoms with Crippen LogP contribution >= 0.6 is 0 Å². The van der Waals surface area contributed by atoms with E-state index in [1.54, 1.807) is 30.4 Å². The topological polar surface area (TPSA) is 107 Å². The number of nitrogens with zero attached hydrogens (tertiary/aromatic N) is 2. The SMILES string of the molecule is CN1C(=O)C[C@H](C(=O)NCCOCCOCCC(=O)OC(C)(C)C)[C@H]1c1cccnc1. The molecule has 1 aromatic rings. The molecule has 0 aromatic carbocycles. The first-order valence-corrected chi connectivity index (χ1v) is 10.5. The van der Waals surface area contributed by atoms with Gasteiger partial charge in [-0.1, -0.05) is 6.07 Å². The summed E-state index contributed by atoms with van der Waals surface area (Å²) in [5, 5.41) is 2.84. The van der Waals surface area contributed by atoms with Crippen molar-refractivity contribution < 1.29 is 28.6 Å². The Morgan fingerprint density at radius 2 is 1.90 bits per heavy atom. The van der Waals surface area contributed by atoms with Gasteiger partial charge in [0.1, 0.15) is 5.60 Å². The molecule has 0 unspecified atom stereocenters. The molecule has 2 atom stereocenters. The lowest BCUT2D eigenvalue weighted by Crippen LogP contribution is -2.36. The van der Waals surface area contributed by atoms with Crippen molar-refractivity contribution in [1.82, 2.24) is 15.2 Å². The first-order chi connectivity index (χ1) is 14.7. The van der Waals surface area contributed by atoms with E-state index >= 15 is 0 Å². The Kier molecular flexibility index (Phi) is 9.39. The number of carbonyl (C=O) groups is 3. The predicted octanol–water partition coefficient (Wildman–Crippen LogP) is 1.48. The van der Waals surface area contributed by atoms with Gasteiger partial charge in [-0.3, -0.25) is 19.4 Å². The quantitative estimate of drug-likeness (QED) is 0.414. The van der Waals surface area contributed by atoms with Crippen molar-refractivity contribution in [3.8, 4) is 0 Å². The maximum absolute atomic E-state index is 12.6. The second kappa shape index (κ2) is 11.8. The molecule has 9 nitrogen and oxygen atoms in total. The van der Waals surface area contributed by atoms with Crippen LogP contribution in [0.25, 0.3) is 0 Å². The molecule has 1 aliphatic heterocycles. The van der Waals surface area contributed by atoms with Crippen molar-refractivity contribution in [2.24, 2.45) is 5.92 Å². The first-order valence-electron chi connectivity index (χ1n) is 10.5. The number of carbonyl (C=O) groups excluding carboxylic acids is 3. The lowest BCUT2D eigenvalue weighted by Gasteiger charge is -2.24. The molecule has 1 fully saturated rings. The highest BCUT2D eigenvalue weighted by Crippen LogP contribution is 2.36. The Balaban J connectivity index is 1.61. The smallest absolute Gasteiger partial charge is 0.308 e. The number of nitrogens with one attached hydrogen (secondary N) is 1. The van der Waals surface area contributed by atoms with E-state index in [0.29, 0.717) is 26.4 Å². The van der Waals surface area contributed by atoms with Gasteiger partial charge in [0.15, 0.2) is 0 Å². The number of hydrogen-bond acceptors (Lipinski definition) is 7. The van der Waals surface area contributed by atoms with Crippen LogP contribution in [0.2, 0.25) is 0 Å². The van der Waals surface area contributed by atoms with Gasteiger partial charge in [-0.2, -0.15) is 0 Å². The zero-order chi connectivity index (χ0) is 22.9. The van der Waals surface area contributed by atoms with Crippen LogP contribution in [0.15, 0.2) is 24.5 Å². The minimum atomic E-state index is -0.496. The maximum Gasteiger partial charge on any atom is 0.308 e. The zero-order valence-electron chi connectivity index (χ0n) is 18.8. The summed E-state index contributed by atoms with van der Waals surface area (Å²) in [7, 11) is 1.71. The van der Waals surface area contributed by atoms with Gasteiger partial charge in [0.2, 0.25) is 11.8 Å². The lowest BCUT2D eigenvalue weighted by atomic mass is 9.94. The summed E-state index contributed by atoms with van der Waals surface area (Å²) < 4.78 is 16.0. The number of hydrogen-bond donors (Lipinski definition) is 1. The average molecular weight is 436 g/mol. The van der Waals surface area contributed by atoms with Crippen LogP contribution in [0.1, 0.15) is 45.2 Å².